The smallest absolute Gasteiger partial charge is 0.333 e. The number of likely N-dealkylation sites (N-methyl/N-ethyl adjacent to an activating group) is 2. The molecule has 290 valence electrons. The molecule has 13 atom stereocenters. The van der Waals surface area contributed by atoms with Gasteiger partial charge >= 0.3 is 23.9 Å². The summed E-state index contributed by atoms with van der Waals surface area (Å²) in [4.78, 5) is 55.2. The fourth-order valence-corrected chi connectivity index (χ4v) is 6.86. The quantitative estimate of drug-likeness (QED) is 0.265. The van der Waals surface area contributed by atoms with Crippen LogP contribution in [0.1, 0.15) is 81.6 Å². The molecule has 0 unspecified atom stereocenters. The first kappa shape index (κ1) is 42.5. The predicted molar refractivity (Wildman–Crippen MR) is 186 cm³/mol. The number of rotatable bonds is 8. The van der Waals surface area contributed by atoms with E-state index in [1.807, 2.05) is 58.8 Å². The normalized spacial score (nSPS) is 39.5. The van der Waals surface area contributed by atoms with Crippen molar-refractivity contribution in [3.8, 4) is 0 Å². The highest BCUT2D eigenvalue weighted by atomic mass is 16.7. The molecule has 0 aromatic rings. The molecule has 0 aromatic carbocycles. The maximum Gasteiger partial charge on any atom is 0.333 e. The van der Waals surface area contributed by atoms with E-state index in [0.29, 0.717) is 24.0 Å². The Kier molecular flexibility index (Phi) is 15.6. The molecule has 14 nitrogen and oxygen atoms in total. The van der Waals surface area contributed by atoms with Gasteiger partial charge in [-0.2, -0.15) is 0 Å². The van der Waals surface area contributed by atoms with Crippen molar-refractivity contribution in [1.29, 1.82) is 0 Å². The Labute approximate surface area is 303 Å². The molecule has 51 heavy (non-hydrogen) atoms. The molecule has 2 saturated heterocycles. The molecule has 3 aliphatic heterocycles. The highest BCUT2D eigenvalue weighted by Crippen LogP contribution is 2.32. The standard InChI is InChI=1S/C37H60N2O12/c1-19-14-15-30(50-36-32(48-26(8)40)28(38(10)11)17-22(4)44-36)24(6)46-35(43)21(3)16-20(2)31(25(7)47-34(19)42)51-37-33(49-27(9)41)29(39(12)13)18-23(5)45-37/h14,16,20,22-25,28-33,36-37H,15,17-18H2,1-13H3/b19-14+,21-16+/t20-,22-,23+,24+,25+,28+,29-,30+,31+,32-,33+,36+,37-/m0/s1. The molecule has 3 heterocycles. The van der Waals surface area contributed by atoms with Gasteiger partial charge in [0, 0.05) is 30.9 Å². The summed E-state index contributed by atoms with van der Waals surface area (Å²) in [5, 5.41) is 0. The minimum absolute atomic E-state index is 0.153. The maximum atomic E-state index is 13.5. The first-order valence-electron chi connectivity index (χ1n) is 17.8. The van der Waals surface area contributed by atoms with Gasteiger partial charge in [-0.1, -0.05) is 19.1 Å². The summed E-state index contributed by atoms with van der Waals surface area (Å²) in [5.74, 6) is -2.58. The van der Waals surface area contributed by atoms with Gasteiger partial charge in [-0.15, -0.1) is 0 Å². The molecule has 0 amide bonds. The molecule has 0 N–H and O–H groups in total. The average Bonchev–Trinajstić information content (AvgIpc) is 3.02. The Bertz CT molecular complexity index is 1280. The fourth-order valence-electron chi connectivity index (χ4n) is 6.86. The van der Waals surface area contributed by atoms with Crippen molar-refractivity contribution in [3.05, 3.63) is 23.3 Å². The van der Waals surface area contributed by atoms with Crippen LogP contribution in [0.4, 0.5) is 0 Å². The highest BCUT2D eigenvalue weighted by Gasteiger charge is 2.45. The molecular formula is C37H60N2O12. The monoisotopic (exact) mass is 724 g/mol. The van der Waals surface area contributed by atoms with Crippen LogP contribution in [0.2, 0.25) is 0 Å². The van der Waals surface area contributed by atoms with E-state index < -0.39 is 79.0 Å². The van der Waals surface area contributed by atoms with E-state index in [-0.39, 0.29) is 30.7 Å². The largest absolute Gasteiger partial charge is 0.457 e. The van der Waals surface area contributed by atoms with E-state index >= 15 is 0 Å². The first-order chi connectivity index (χ1) is 23.8. The minimum Gasteiger partial charge on any atom is -0.457 e. The Morgan fingerprint density at radius 3 is 1.61 bits per heavy atom. The Morgan fingerprint density at radius 1 is 0.686 bits per heavy atom. The third kappa shape index (κ3) is 11.8. The van der Waals surface area contributed by atoms with E-state index in [2.05, 4.69) is 0 Å². The molecule has 3 aliphatic rings. The van der Waals surface area contributed by atoms with E-state index in [1.165, 1.54) is 13.8 Å². The SMILES string of the molecule is CC(=O)O[C@@H]1[C@@H](O[C@@H]2C/C=C(\C)C(=O)O[C@H](C)[C@H](O[C@@H]3O[C@H](C)C[C@H](N(C)C)[C@H]3OC(C)=O)[C@@H](C)/C=C(\C)C(=O)O[C@@H]2C)O[C@@H](C)C[C@H]1N(C)C. The van der Waals surface area contributed by atoms with Crippen LogP contribution < -0.4 is 0 Å². The Morgan fingerprint density at radius 2 is 1.14 bits per heavy atom. The van der Waals surface area contributed by atoms with Gasteiger partial charge in [-0.05, 0) is 89.0 Å². The summed E-state index contributed by atoms with van der Waals surface area (Å²) in [7, 11) is 7.59. The zero-order chi connectivity index (χ0) is 38.3. The van der Waals surface area contributed by atoms with Crippen LogP contribution >= 0.6 is 0 Å². The predicted octanol–water partition coefficient (Wildman–Crippen LogP) is 3.55. The van der Waals surface area contributed by atoms with Crippen LogP contribution in [-0.4, -0.2) is 135 Å². The third-order valence-corrected chi connectivity index (χ3v) is 9.61. The molecular weight excluding hydrogens is 664 g/mol. The number of cyclic esters (lactones) is 2. The number of ether oxygens (including phenoxy) is 8. The zero-order valence-electron chi connectivity index (χ0n) is 32.6. The second-order valence-electron chi connectivity index (χ2n) is 14.6. The molecule has 0 spiro atoms. The number of hydrogen-bond acceptors (Lipinski definition) is 14. The topological polar surface area (TPSA) is 149 Å². The summed E-state index contributed by atoms with van der Waals surface area (Å²) in [5.41, 5.74) is 0.607. The van der Waals surface area contributed by atoms with E-state index in [4.69, 9.17) is 37.9 Å². The second kappa shape index (κ2) is 18.7. The van der Waals surface area contributed by atoms with Crippen LogP contribution in [0.3, 0.4) is 0 Å². The zero-order valence-corrected chi connectivity index (χ0v) is 32.6. The lowest BCUT2D eigenvalue weighted by molar-refractivity contribution is -0.284. The number of carbonyl (C=O) groups excluding carboxylic acids is 4. The summed E-state index contributed by atoms with van der Waals surface area (Å²) in [6.07, 6.45) is -2.29. The van der Waals surface area contributed by atoms with Gasteiger partial charge in [0.2, 0.25) is 0 Å². The van der Waals surface area contributed by atoms with Crippen molar-refractivity contribution in [3.63, 3.8) is 0 Å². The van der Waals surface area contributed by atoms with Gasteiger partial charge < -0.3 is 47.7 Å². The maximum absolute atomic E-state index is 13.5. The highest BCUT2D eigenvalue weighted by molar-refractivity contribution is 5.88. The lowest BCUT2D eigenvalue weighted by atomic mass is 9.95. The Balaban J connectivity index is 1.94. The van der Waals surface area contributed by atoms with Gasteiger partial charge in [0.25, 0.3) is 0 Å². The molecule has 14 heteroatoms. The van der Waals surface area contributed by atoms with Crippen molar-refractivity contribution in [2.45, 2.75) is 155 Å². The fraction of sp³-hybridized carbons (Fsp3) is 0.784. The van der Waals surface area contributed by atoms with E-state index in [1.54, 1.807) is 39.8 Å². The first-order valence-corrected chi connectivity index (χ1v) is 17.8. The van der Waals surface area contributed by atoms with Crippen molar-refractivity contribution in [1.82, 2.24) is 9.80 Å². The molecule has 0 aliphatic carbocycles. The summed E-state index contributed by atoms with van der Waals surface area (Å²) in [6, 6.07) is -0.376. The summed E-state index contributed by atoms with van der Waals surface area (Å²) in [6.45, 7) is 15.0. The summed E-state index contributed by atoms with van der Waals surface area (Å²) < 4.78 is 48.7. The molecule has 3 rings (SSSR count). The van der Waals surface area contributed by atoms with Crippen molar-refractivity contribution in [2.24, 2.45) is 5.92 Å². The van der Waals surface area contributed by atoms with E-state index in [9.17, 15) is 19.2 Å². The minimum atomic E-state index is -0.972. The van der Waals surface area contributed by atoms with Crippen LogP contribution in [0, 0.1) is 5.92 Å². The Hall–Kier alpha value is -2.88. The van der Waals surface area contributed by atoms with E-state index in [0.717, 1.165) is 0 Å². The number of carbonyl (C=O) groups is 4. The molecule has 2 fully saturated rings. The molecule has 0 aromatic heterocycles. The van der Waals surface area contributed by atoms with Crippen molar-refractivity contribution >= 4 is 23.9 Å². The molecule has 0 radical (unpaired) electrons. The number of nitrogens with zero attached hydrogens (tertiary/aromatic N) is 2. The van der Waals surface area contributed by atoms with Crippen LogP contribution in [-0.2, 0) is 57.1 Å². The lowest BCUT2D eigenvalue weighted by Gasteiger charge is -2.44. The average molecular weight is 725 g/mol. The van der Waals surface area contributed by atoms with Crippen LogP contribution in [0.25, 0.3) is 0 Å². The van der Waals surface area contributed by atoms with Crippen molar-refractivity contribution in [2.75, 3.05) is 28.2 Å². The van der Waals surface area contributed by atoms with Crippen molar-refractivity contribution < 1.29 is 57.1 Å². The molecule has 0 saturated carbocycles. The number of hydrogen-bond donors (Lipinski definition) is 0. The van der Waals surface area contributed by atoms with Gasteiger partial charge in [0.05, 0.1) is 24.3 Å². The third-order valence-electron chi connectivity index (χ3n) is 9.61. The second-order valence-corrected chi connectivity index (χ2v) is 14.6. The van der Waals surface area contributed by atoms with Crippen LogP contribution in [0.15, 0.2) is 23.3 Å². The molecule has 0 bridgehead atoms. The van der Waals surface area contributed by atoms with Gasteiger partial charge in [-0.3, -0.25) is 9.59 Å². The van der Waals surface area contributed by atoms with Gasteiger partial charge in [0.15, 0.2) is 24.8 Å². The van der Waals surface area contributed by atoms with Gasteiger partial charge in [-0.25, -0.2) is 9.59 Å². The lowest BCUT2D eigenvalue weighted by Crippen LogP contribution is -2.57. The number of esters is 4. The summed E-state index contributed by atoms with van der Waals surface area (Å²) >= 11 is 0. The van der Waals surface area contributed by atoms with Crippen LogP contribution in [0.5, 0.6) is 0 Å². The van der Waals surface area contributed by atoms with Gasteiger partial charge in [0.1, 0.15) is 24.4 Å².